The minimum atomic E-state index is -0.539. The van der Waals surface area contributed by atoms with Gasteiger partial charge in [-0.3, -0.25) is 9.59 Å². The summed E-state index contributed by atoms with van der Waals surface area (Å²) in [4.78, 5) is 29.9. The topological polar surface area (TPSA) is 150 Å². The molecule has 0 radical (unpaired) electrons. The number of pyridine rings is 1. The van der Waals surface area contributed by atoms with Gasteiger partial charge in [-0.1, -0.05) is 35.9 Å². The van der Waals surface area contributed by atoms with Crippen LogP contribution in [0.3, 0.4) is 0 Å². The lowest BCUT2D eigenvalue weighted by atomic mass is 9.97. The van der Waals surface area contributed by atoms with Crippen molar-refractivity contribution in [2.75, 3.05) is 24.3 Å². The lowest BCUT2D eigenvalue weighted by molar-refractivity contribution is -0.116. The third-order valence-corrected chi connectivity index (χ3v) is 6.01. The molecular formula is C29H25Cl2N5O4. The van der Waals surface area contributed by atoms with Gasteiger partial charge in [-0.15, -0.1) is 12.4 Å². The lowest BCUT2D eigenvalue weighted by Gasteiger charge is -2.16. The summed E-state index contributed by atoms with van der Waals surface area (Å²) < 4.78 is 5.30. The van der Waals surface area contributed by atoms with Crippen molar-refractivity contribution in [3.05, 3.63) is 88.9 Å². The molecule has 1 aromatic heterocycles. The van der Waals surface area contributed by atoms with Crippen LogP contribution in [0.4, 0.5) is 11.5 Å². The van der Waals surface area contributed by atoms with E-state index < -0.39 is 5.91 Å². The van der Waals surface area contributed by atoms with Crippen LogP contribution in [0.1, 0.15) is 22.3 Å². The number of nitrogens with one attached hydrogen (secondary N) is 2. The highest BCUT2D eigenvalue weighted by Gasteiger charge is 2.21. The molecule has 1 heterocycles. The van der Waals surface area contributed by atoms with E-state index in [2.05, 4.69) is 21.7 Å². The van der Waals surface area contributed by atoms with Crippen LogP contribution in [0.25, 0.3) is 22.4 Å². The number of para-hydroxylation sites is 1. The maximum atomic E-state index is 13.2. The van der Waals surface area contributed by atoms with E-state index in [-0.39, 0.29) is 59.7 Å². The Balaban J connectivity index is 0.00000441. The van der Waals surface area contributed by atoms with Crippen LogP contribution in [0, 0.1) is 11.3 Å². The van der Waals surface area contributed by atoms with E-state index >= 15 is 0 Å². The zero-order valence-electron chi connectivity index (χ0n) is 21.3. The molecule has 11 heteroatoms. The molecule has 204 valence electrons. The first-order chi connectivity index (χ1) is 18.8. The van der Waals surface area contributed by atoms with E-state index in [1.807, 2.05) is 0 Å². The first-order valence-corrected chi connectivity index (χ1v) is 12.2. The first kappa shape index (κ1) is 29.9. The predicted octanol–water partition coefficient (Wildman–Crippen LogP) is 5.62. The molecule has 0 spiro atoms. The minimum Gasteiger partial charge on any atom is -0.507 e. The quantitative estimate of drug-likeness (QED) is 0.212. The van der Waals surface area contributed by atoms with Crippen LogP contribution in [-0.4, -0.2) is 35.6 Å². The Hall–Kier alpha value is -4.62. The normalized spacial score (nSPS) is 10.2. The van der Waals surface area contributed by atoms with Crippen molar-refractivity contribution >= 4 is 47.3 Å². The Kier molecular flexibility index (Phi) is 10.1. The van der Waals surface area contributed by atoms with Crippen molar-refractivity contribution < 1.29 is 19.4 Å². The van der Waals surface area contributed by atoms with Gasteiger partial charge < -0.3 is 26.2 Å². The molecule has 3 aromatic carbocycles. The average Bonchev–Trinajstić information content (AvgIpc) is 2.92. The van der Waals surface area contributed by atoms with E-state index in [4.69, 9.17) is 22.1 Å². The number of hydrogen-bond donors (Lipinski definition) is 4. The lowest BCUT2D eigenvalue weighted by Crippen LogP contribution is -2.16. The highest BCUT2D eigenvalue weighted by molar-refractivity contribution is 6.30. The Morgan fingerprint density at radius 1 is 1.05 bits per heavy atom. The second-order valence-electron chi connectivity index (χ2n) is 8.37. The molecule has 0 unspecified atom stereocenters. The molecule has 0 fully saturated rings. The summed E-state index contributed by atoms with van der Waals surface area (Å²) in [6.07, 6.45) is 0.155. The number of amides is 2. The van der Waals surface area contributed by atoms with Gasteiger partial charge in [0.05, 0.1) is 18.4 Å². The summed E-state index contributed by atoms with van der Waals surface area (Å²) in [5, 5.41) is 26.6. The molecule has 0 aliphatic rings. The first-order valence-electron chi connectivity index (χ1n) is 11.8. The van der Waals surface area contributed by atoms with Gasteiger partial charge in [0, 0.05) is 34.8 Å². The number of halogens is 2. The molecule has 0 aliphatic carbocycles. The molecule has 2 amide bonds. The number of anilines is 2. The van der Waals surface area contributed by atoms with E-state index in [1.54, 1.807) is 66.7 Å². The van der Waals surface area contributed by atoms with Crippen LogP contribution >= 0.6 is 24.0 Å². The van der Waals surface area contributed by atoms with Crippen LogP contribution in [-0.2, 0) is 4.79 Å². The monoisotopic (exact) mass is 577 g/mol. The molecule has 0 aliphatic heterocycles. The smallest absolute Gasteiger partial charge is 0.260 e. The van der Waals surface area contributed by atoms with Gasteiger partial charge in [-0.2, -0.15) is 5.26 Å². The Labute approximate surface area is 242 Å². The number of nitriles is 1. The van der Waals surface area contributed by atoms with Crippen molar-refractivity contribution in [3.63, 3.8) is 0 Å². The fourth-order valence-corrected chi connectivity index (χ4v) is 4.13. The molecule has 0 bridgehead atoms. The van der Waals surface area contributed by atoms with Crippen LogP contribution < -0.4 is 21.1 Å². The number of hydrogen-bond acceptors (Lipinski definition) is 7. The Morgan fingerprint density at radius 2 is 1.82 bits per heavy atom. The van der Waals surface area contributed by atoms with Crippen LogP contribution in [0.5, 0.6) is 11.5 Å². The molecule has 4 rings (SSSR count). The summed E-state index contributed by atoms with van der Waals surface area (Å²) in [6.45, 7) is 0.206. The Morgan fingerprint density at radius 3 is 2.52 bits per heavy atom. The van der Waals surface area contributed by atoms with E-state index in [9.17, 15) is 20.0 Å². The number of aromatic nitrogens is 1. The molecule has 0 saturated heterocycles. The second kappa shape index (κ2) is 13.4. The molecule has 9 nitrogen and oxygen atoms in total. The number of methoxy groups -OCH3 is 1. The molecule has 0 atom stereocenters. The maximum Gasteiger partial charge on any atom is 0.260 e. The predicted molar refractivity (Wildman–Crippen MR) is 157 cm³/mol. The Bertz CT molecular complexity index is 1600. The van der Waals surface area contributed by atoms with Gasteiger partial charge >= 0.3 is 0 Å². The fourth-order valence-electron chi connectivity index (χ4n) is 3.96. The third-order valence-electron chi connectivity index (χ3n) is 5.78. The zero-order valence-corrected chi connectivity index (χ0v) is 22.8. The second-order valence-corrected chi connectivity index (χ2v) is 8.81. The molecule has 0 saturated carbocycles. The summed E-state index contributed by atoms with van der Waals surface area (Å²) in [5.41, 5.74) is 7.92. The average molecular weight is 578 g/mol. The maximum absolute atomic E-state index is 13.2. The van der Waals surface area contributed by atoms with Gasteiger partial charge in [0.2, 0.25) is 5.91 Å². The highest BCUT2D eigenvalue weighted by Crippen LogP contribution is 2.37. The molecule has 4 aromatic rings. The standard InChI is InChI=1S/C29H24ClN5O4.ClH/c1-39-26-8-3-2-7-21(26)29(38)35-28-23(16-32)22(15-24(34-28)20-10-9-18(30)14-25(20)36)17-5-4-6-19(13-17)33-27(37)11-12-31;/h2-10,13-15,36H,11-12,31H2,1H3,(H,33,37)(H,34,35,38);1H. The summed E-state index contributed by atoms with van der Waals surface area (Å²) in [5.74, 6) is -0.589. The number of benzene rings is 3. The summed E-state index contributed by atoms with van der Waals surface area (Å²) in [7, 11) is 1.45. The number of rotatable bonds is 8. The molecular weight excluding hydrogens is 553 g/mol. The fraction of sp³-hybridized carbons (Fsp3) is 0.103. The van der Waals surface area contributed by atoms with Gasteiger partial charge in [0.15, 0.2) is 5.82 Å². The number of nitrogens with zero attached hydrogens (tertiary/aromatic N) is 2. The number of nitrogens with two attached hydrogens (primary N) is 1. The number of aromatic hydroxyl groups is 1. The number of carbonyl (C=O) groups is 2. The van der Waals surface area contributed by atoms with Crippen molar-refractivity contribution in [1.29, 1.82) is 5.26 Å². The van der Waals surface area contributed by atoms with Gasteiger partial charge in [-0.05, 0) is 54.1 Å². The number of carbonyl (C=O) groups excluding carboxylic acids is 2. The molecule has 5 N–H and O–H groups in total. The molecule has 40 heavy (non-hydrogen) atoms. The number of phenols is 1. The summed E-state index contributed by atoms with van der Waals surface area (Å²) >= 11 is 6.02. The summed E-state index contributed by atoms with van der Waals surface area (Å²) in [6, 6.07) is 21.9. The van der Waals surface area contributed by atoms with Crippen molar-refractivity contribution in [1.82, 2.24) is 4.98 Å². The third kappa shape index (κ3) is 6.68. The highest BCUT2D eigenvalue weighted by atomic mass is 35.5. The largest absolute Gasteiger partial charge is 0.507 e. The van der Waals surface area contributed by atoms with Crippen molar-refractivity contribution in [3.8, 4) is 40.0 Å². The van der Waals surface area contributed by atoms with E-state index in [1.165, 1.54) is 13.2 Å². The zero-order chi connectivity index (χ0) is 27.9. The van der Waals surface area contributed by atoms with Crippen LogP contribution in [0.15, 0.2) is 72.8 Å². The minimum absolute atomic E-state index is 0. The number of ether oxygens (including phenoxy) is 1. The van der Waals surface area contributed by atoms with Gasteiger partial charge in [0.25, 0.3) is 5.91 Å². The van der Waals surface area contributed by atoms with Crippen LogP contribution in [0.2, 0.25) is 5.02 Å². The SMILES string of the molecule is COc1ccccc1C(=O)Nc1nc(-c2ccc(Cl)cc2O)cc(-c2cccc(NC(=O)CCN)c2)c1C#N.Cl. The van der Waals surface area contributed by atoms with Gasteiger partial charge in [-0.25, -0.2) is 4.98 Å². The van der Waals surface area contributed by atoms with Gasteiger partial charge in [0.1, 0.15) is 23.1 Å². The van der Waals surface area contributed by atoms with E-state index in [0.717, 1.165) is 0 Å². The number of phenolic OH excluding ortho intramolecular Hbond substituents is 1. The van der Waals surface area contributed by atoms with E-state index in [0.29, 0.717) is 33.1 Å². The van der Waals surface area contributed by atoms with Crippen molar-refractivity contribution in [2.45, 2.75) is 6.42 Å². The van der Waals surface area contributed by atoms with Crippen molar-refractivity contribution in [2.24, 2.45) is 5.73 Å².